The molecule has 2 aromatic rings. The summed E-state index contributed by atoms with van der Waals surface area (Å²) in [4.78, 5) is 12.3. The van der Waals surface area contributed by atoms with Gasteiger partial charge in [-0.3, -0.25) is 0 Å². The van der Waals surface area contributed by atoms with Crippen molar-refractivity contribution in [3.63, 3.8) is 0 Å². The average Bonchev–Trinajstić information content (AvgIpc) is 2.76. The molecule has 0 atom stereocenters. The van der Waals surface area contributed by atoms with Crippen molar-refractivity contribution in [2.24, 2.45) is 0 Å². The summed E-state index contributed by atoms with van der Waals surface area (Å²) >= 11 is 0. The van der Waals surface area contributed by atoms with Gasteiger partial charge in [-0.05, 0) is 37.3 Å². The summed E-state index contributed by atoms with van der Waals surface area (Å²) in [7, 11) is 1.69. The van der Waals surface area contributed by atoms with Gasteiger partial charge in [0.2, 0.25) is 0 Å². The minimum atomic E-state index is -0.160. The number of para-hydroxylation sites is 1. The van der Waals surface area contributed by atoms with Gasteiger partial charge in [0, 0.05) is 37.3 Å². The highest BCUT2D eigenvalue weighted by Crippen LogP contribution is 2.39. The molecule has 2 aromatic carbocycles. The number of rotatable bonds is 8. The van der Waals surface area contributed by atoms with Crippen LogP contribution in [0.15, 0.2) is 54.6 Å². The summed E-state index contributed by atoms with van der Waals surface area (Å²) in [6, 6.07) is 18.3. The summed E-state index contributed by atoms with van der Waals surface area (Å²) < 4.78 is 11.2. The van der Waals surface area contributed by atoms with Crippen LogP contribution in [-0.4, -0.2) is 39.4 Å². The van der Waals surface area contributed by atoms with E-state index in [1.165, 1.54) is 5.56 Å². The van der Waals surface area contributed by atoms with Gasteiger partial charge in [0.15, 0.2) is 0 Å². The average molecular weight is 383 g/mol. The standard InChI is InChI=1S/C23H30N2O3/c1-27-21-12-6-5-11-20(21)23(13-16-28-17-14-23)18-25-22(26)24-15-7-10-19-8-3-2-4-9-19/h2-6,8-9,11-12H,7,10,13-18H2,1H3,(H2,24,25,26). The van der Waals surface area contributed by atoms with Crippen LogP contribution >= 0.6 is 0 Å². The highest BCUT2D eigenvalue weighted by Gasteiger charge is 2.37. The number of benzene rings is 2. The topological polar surface area (TPSA) is 59.6 Å². The predicted molar refractivity (Wildman–Crippen MR) is 111 cm³/mol. The molecule has 28 heavy (non-hydrogen) atoms. The minimum Gasteiger partial charge on any atom is -0.496 e. The Morgan fingerprint density at radius 2 is 1.75 bits per heavy atom. The third-order valence-corrected chi connectivity index (χ3v) is 5.49. The van der Waals surface area contributed by atoms with Crippen molar-refractivity contribution < 1.29 is 14.3 Å². The van der Waals surface area contributed by atoms with Gasteiger partial charge in [0.25, 0.3) is 0 Å². The van der Waals surface area contributed by atoms with E-state index < -0.39 is 0 Å². The molecule has 0 aromatic heterocycles. The molecule has 0 saturated carbocycles. The molecule has 1 aliphatic heterocycles. The van der Waals surface area contributed by atoms with Crippen molar-refractivity contribution in [3.8, 4) is 5.75 Å². The van der Waals surface area contributed by atoms with Crippen molar-refractivity contribution in [1.29, 1.82) is 0 Å². The minimum absolute atomic E-state index is 0.117. The molecule has 0 spiro atoms. The van der Waals surface area contributed by atoms with E-state index in [1.807, 2.05) is 36.4 Å². The fraction of sp³-hybridized carbons (Fsp3) is 0.435. The van der Waals surface area contributed by atoms with E-state index in [9.17, 15) is 4.79 Å². The Morgan fingerprint density at radius 3 is 2.50 bits per heavy atom. The van der Waals surface area contributed by atoms with E-state index in [2.05, 4.69) is 28.8 Å². The molecule has 1 heterocycles. The lowest BCUT2D eigenvalue weighted by Crippen LogP contribution is -2.47. The van der Waals surface area contributed by atoms with Gasteiger partial charge >= 0.3 is 6.03 Å². The van der Waals surface area contributed by atoms with Crippen LogP contribution in [-0.2, 0) is 16.6 Å². The molecule has 2 amide bonds. The number of methoxy groups -OCH3 is 1. The molecule has 1 aliphatic rings. The smallest absolute Gasteiger partial charge is 0.314 e. The Bertz CT molecular complexity index is 743. The van der Waals surface area contributed by atoms with Crippen molar-refractivity contribution in [3.05, 3.63) is 65.7 Å². The molecule has 1 fully saturated rings. The van der Waals surface area contributed by atoms with Crippen LogP contribution in [0.3, 0.4) is 0 Å². The summed E-state index contributed by atoms with van der Waals surface area (Å²) in [5, 5.41) is 6.06. The van der Waals surface area contributed by atoms with Gasteiger partial charge in [0.1, 0.15) is 5.75 Å². The van der Waals surface area contributed by atoms with E-state index in [0.717, 1.165) is 37.0 Å². The Balaban J connectivity index is 1.53. The zero-order valence-electron chi connectivity index (χ0n) is 16.6. The Kier molecular flexibility index (Phi) is 7.31. The Morgan fingerprint density at radius 1 is 1.04 bits per heavy atom. The van der Waals surface area contributed by atoms with Crippen LogP contribution in [0.4, 0.5) is 4.79 Å². The number of carbonyl (C=O) groups excluding carboxylic acids is 1. The fourth-order valence-electron chi connectivity index (χ4n) is 3.84. The highest BCUT2D eigenvalue weighted by atomic mass is 16.5. The van der Waals surface area contributed by atoms with Crippen LogP contribution in [0.2, 0.25) is 0 Å². The number of carbonyl (C=O) groups is 1. The zero-order valence-corrected chi connectivity index (χ0v) is 16.6. The number of aryl methyl sites for hydroxylation is 1. The molecule has 0 radical (unpaired) electrons. The number of amides is 2. The van der Waals surface area contributed by atoms with E-state index in [-0.39, 0.29) is 11.4 Å². The molecule has 0 bridgehead atoms. The molecular formula is C23H30N2O3. The third kappa shape index (κ3) is 5.26. The second kappa shape index (κ2) is 10.1. The van der Waals surface area contributed by atoms with Crippen LogP contribution in [0.5, 0.6) is 5.75 Å². The normalized spacial score (nSPS) is 15.6. The van der Waals surface area contributed by atoms with Crippen LogP contribution in [0.1, 0.15) is 30.4 Å². The summed E-state index contributed by atoms with van der Waals surface area (Å²) in [5.41, 5.74) is 2.28. The second-order valence-corrected chi connectivity index (χ2v) is 7.29. The molecule has 2 N–H and O–H groups in total. The maximum Gasteiger partial charge on any atom is 0.314 e. The van der Waals surface area contributed by atoms with Crippen LogP contribution in [0, 0.1) is 0 Å². The molecule has 5 nitrogen and oxygen atoms in total. The van der Waals surface area contributed by atoms with Crippen LogP contribution < -0.4 is 15.4 Å². The number of ether oxygens (including phenoxy) is 2. The van der Waals surface area contributed by atoms with Crippen molar-refractivity contribution >= 4 is 6.03 Å². The molecule has 1 saturated heterocycles. The van der Waals surface area contributed by atoms with Gasteiger partial charge in [-0.2, -0.15) is 0 Å². The lowest BCUT2D eigenvalue weighted by atomic mass is 9.73. The molecule has 150 valence electrons. The second-order valence-electron chi connectivity index (χ2n) is 7.29. The number of hydrogen-bond donors (Lipinski definition) is 2. The van der Waals surface area contributed by atoms with E-state index in [1.54, 1.807) is 7.11 Å². The van der Waals surface area contributed by atoms with Crippen molar-refractivity contribution in [2.45, 2.75) is 31.1 Å². The SMILES string of the molecule is COc1ccccc1C1(CNC(=O)NCCCc2ccccc2)CCOCC1. The maximum atomic E-state index is 12.3. The van der Waals surface area contributed by atoms with Crippen LogP contribution in [0.25, 0.3) is 0 Å². The number of urea groups is 1. The largest absolute Gasteiger partial charge is 0.496 e. The maximum absolute atomic E-state index is 12.3. The monoisotopic (exact) mass is 382 g/mol. The Labute approximate surface area is 167 Å². The highest BCUT2D eigenvalue weighted by molar-refractivity contribution is 5.74. The molecule has 3 rings (SSSR count). The Hall–Kier alpha value is -2.53. The van der Waals surface area contributed by atoms with E-state index >= 15 is 0 Å². The lowest BCUT2D eigenvalue weighted by Gasteiger charge is -2.38. The predicted octanol–water partition coefficient (Wildman–Crippen LogP) is 3.68. The number of hydrogen-bond acceptors (Lipinski definition) is 3. The first-order chi connectivity index (χ1) is 13.7. The van der Waals surface area contributed by atoms with Gasteiger partial charge in [0.05, 0.1) is 7.11 Å². The molecular weight excluding hydrogens is 352 g/mol. The fourth-order valence-corrected chi connectivity index (χ4v) is 3.84. The molecule has 0 unspecified atom stereocenters. The van der Waals surface area contributed by atoms with Gasteiger partial charge in [-0.25, -0.2) is 4.79 Å². The van der Waals surface area contributed by atoms with Crippen molar-refractivity contribution in [2.75, 3.05) is 33.4 Å². The molecule has 0 aliphatic carbocycles. The van der Waals surface area contributed by atoms with Crippen molar-refractivity contribution in [1.82, 2.24) is 10.6 Å². The quantitative estimate of drug-likeness (QED) is 0.685. The van der Waals surface area contributed by atoms with Gasteiger partial charge < -0.3 is 20.1 Å². The first kappa shape index (κ1) is 20.2. The summed E-state index contributed by atoms with van der Waals surface area (Å²) in [5.74, 6) is 0.870. The van der Waals surface area contributed by atoms with E-state index in [4.69, 9.17) is 9.47 Å². The lowest BCUT2D eigenvalue weighted by molar-refractivity contribution is 0.0498. The summed E-state index contributed by atoms with van der Waals surface area (Å²) in [6.45, 7) is 2.61. The van der Waals surface area contributed by atoms with Gasteiger partial charge in [-0.1, -0.05) is 48.5 Å². The number of nitrogens with one attached hydrogen (secondary N) is 2. The van der Waals surface area contributed by atoms with E-state index in [0.29, 0.717) is 26.3 Å². The summed E-state index contributed by atoms with van der Waals surface area (Å²) in [6.07, 6.45) is 3.61. The first-order valence-corrected chi connectivity index (χ1v) is 10.0. The zero-order chi connectivity index (χ0) is 19.7. The van der Waals surface area contributed by atoms with Gasteiger partial charge in [-0.15, -0.1) is 0 Å². The third-order valence-electron chi connectivity index (χ3n) is 5.49. The first-order valence-electron chi connectivity index (χ1n) is 10.0. The molecule has 5 heteroatoms.